The van der Waals surface area contributed by atoms with Gasteiger partial charge in [0.05, 0.1) is 19.2 Å². The number of thiazole rings is 1. The predicted octanol–water partition coefficient (Wildman–Crippen LogP) is 4.26. The number of alkyl carbamates (subject to hydrolysis) is 1. The van der Waals surface area contributed by atoms with Crippen LogP contribution in [0.15, 0.2) is 54.7 Å². The zero-order valence-electron chi connectivity index (χ0n) is 19.0. The van der Waals surface area contributed by atoms with Crippen LogP contribution in [0.25, 0.3) is 11.1 Å². The van der Waals surface area contributed by atoms with E-state index < -0.39 is 12.1 Å². The molecule has 3 aromatic rings. The van der Waals surface area contributed by atoms with Crippen LogP contribution < -0.4 is 5.32 Å². The van der Waals surface area contributed by atoms with Crippen molar-refractivity contribution in [1.82, 2.24) is 15.2 Å². The lowest BCUT2D eigenvalue weighted by Gasteiger charge is -2.20. The summed E-state index contributed by atoms with van der Waals surface area (Å²) >= 11 is 1.20. The first kappa shape index (κ1) is 23.0. The van der Waals surface area contributed by atoms with E-state index in [9.17, 15) is 14.4 Å². The first-order valence-corrected chi connectivity index (χ1v) is 12.4. The molecular weight excluding hydrogens is 466 g/mol. The van der Waals surface area contributed by atoms with Gasteiger partial charge in [-0.05, 0) is 35.1 Å². The first-order valence-electron chi connectivity index (χ1n) is 11.6. The van der Waals surface area contributed by atoms with E-state index in [2.05, 4.69) is 34.6 Å². The zero-order chi connectivity index (χ0) is 24.4. The lowest BCUT2D eigenvalue weighted by Crippen LogP contribution is -2.34. The molecule has 1 fully saturated rings. The summed E-state index contributed by atoms with van der Waals surface area (Å²) in [6.45, 7) is 0.554. The van der Waals surface area contributed by atoms with Gasteiger partial charge in [-0.15, -0.1) is 11.3 Å². The van der Waals surface area contributed by atoms with Crippen LogP contribution in [-0.4, -0.2) is 52.2 Å². The highest BCUT2D eigenvalue weighted by atomic mass is 32.1. The summed E-state index contributed by atoms with van der Waals surface area (Å²) in [5, 5.41) is 12.2. The van der Waals surface area contributed by atoms with Crippen molar-refractivity contribution < 1.29 is 24.2 Å². The minimum atomic E-state index is -0.930. The molecule has 5 rings (SSSR count). The molecule has 0 bridgehead atoms. The minimum absolute atomic E-state index is 0.0172. The molecule has 35 heavy (non-hydrogen) atoms. The Labute approximate surface area is 206 Å². The summed E-state index contributed by atoms with van der Waals surface area (Å²) in [6, 6.07) is 16.4. The van der Waals surface area contributed by atoms with Crippen LogP contribution in [0.5, 0.6) is 0 Å². The molecule has 8 nitrogen and oxygen atoms in total. The molecule has 2 aliphatic rings. The second kappa shape index (κ2) is 9.87. The number of fused-ring (bicyclic) bond motifs is 3. The number of amides is 2. The van der Waals surface area contributed by atoms with Crippen LogP contribution in [0.1, 0.15) is 51.0 Å². The number of hydrogen-bond donors (Lipinski definition) is 2. The van der Waals surface area contributed by atoms with E-state index in [-0.39, 0.29) is 44.0 Å². The molecule has 0 saturated heterocycles. The minimum Gasteiger partial charge on any atom is -0.481 e. The molecule has 1 saturated carbocycles. The number of carbonyl (C=O) groups is 3. The van der Waals surface area contributed by atoms with Gasteiger partial charge in [0.2, 0.25) is 0 Å². The van der Waals surface area contributed by atoms with Gasteiger partial charge in [0, 0.05) is 18.5 Å². The van der Waals surface area contributed by atoms with Crippen molar-refractivity contribution in [2.75, 3.05) is 13.2 Å². The average molecular weight is 492 g/mol. The number of benzene rings is 2. The number of carbonyl (C=O) groups excluding carboxylic acids is 2. The van der Waals surface area contributed by atoms with Crippen LogP contribution in [0.2, 0.25) is 0 Å². The third-order valence-corrected chi connectivity index (χ3v) is 7.29. The molecule has 2 amide bonds. The fraction of sp³-hybridized carbons (Fsp3) is 0.308. The van der Waals surface area contributed by atoms with Crippen molar-refractivity contribution in [3.05, 3.63) is 75.7 Å². The lowest BCUT2D eigenvalue weighted by atomic mass is 9.98. The summed E-state index contributed by atoms with van der Waals surface area (Å²) in [6.07, 6.45) is 2.63. The zero-order valence-corrected chi connectivity index (χ0v) is 19.8. The van der Waals surface area contributed by atoms with Crippen LogP contribution >= 0.6 is 11.3 Å². The Morgan fingerprint density at radius 3 is 2.34 bits per heavy atom. The largest absolute Gasteiger partial charge is 0.481 e. The fourth-order valence-electron chi connectivity index (χ4n) is 4.48. The van der Waals surface area contributed by atoms with E-state index in [0.29, 0.717) is 9.88 Å². The second-order valence-electron chi connectivity index (χ2n) is 8.67. The molecule has 0 unspecified atom stereocenters. The molecule has 1 aromatic heterocycles. The van der Waals surface area contributed by atoms with Gasteiger partial charge in [0.1, 0.15) is 16.5 Å². The Morgan fingerprint density at radius 2 is 1.71 bits per heavy atom. The fourth-order valence-corrected chi connectivity index (χ4v) is 5.30. The van der Waals surface area contributed by atoms with Crippen molar-refractivity contribution >= 4 is 29.3 Å². The molecule has 9 heteroatoms. The molecule has 2 N–H and O–H groups in total. The average Bonchev–Trinajstić information content (AvgIpc) is 3.49. The highest BCUT2D eigenvalue weighted by molar-refractivity contribution is 7.13. The van der Waals surface area contributed by atoms with Crippen LogP contribution in [0, 0.1) is 0 Å². The maximum Gasteiger partial charge on any atom is 0.407 e. The van der Waals surface area contributed by atoms with Gasteiger partial charge in [-0.2, -0.15) is 0 Å². The Kier molecular flexibility index (Phi) is 6.50. The van der Waals surface area contributed by atoms with Crippen LogP contribution in [0.4, 0.5) is 4.79 Å². The normalized spacial score (nSPS) is 14.2. The molecule has 2 aliphatic carbocycles. The Hall–Kier alpha value is -3.72. The second-order valence-corrected chi connectivity index (χ2v) is 9.79. The summed E-state index contributed by atoms with van der Waals surface area (Å²) in [5.74, 6) is -1.16. The van der Waals surface area contributed by atoms with E-state index in [1.165, 1.54) is 28.7 Å². The molecule has 180 valence electrons. The van der Waals surface area contributed by atoms with Gasteiger partial charge in [-0.1, -0.05) is 48.5 Å². The van der Waals surface area contributed by atoms with E-state index in [1.807, 2.05) is 24.3 Å². The maximum atomic E-state index is 12.8. The third-order valence-electron chi connectivity index (χ3n) is 6.31. The Bertz CT molecular complexity index is 1220. The van der Waals surface area contributed by atoms with Gasteiger partial charge in [-0.3, -0.25) is 9.59 Å². The molecule has 0 spiro atoms. The predicted molar refractivity (Wildman–Crippen MR) is 130 cm³/mol. The van der Waals surface area contributed by atoms with Gasteiger partial charge in [-0.25, -0.2) is 9.78 Å². The lowest BCUT2D eigenvalue weighted by molar-refractivity contribution is -0.137. The maximum absolute atomic E-state index is 12.8. The van der Waals surface area contributed by atoms with Gasteiger partial charge >= 0.3 is 12.1 Å². The molecule has 0 radical (unpaired) electrons. The number of nitrogens with zero attached hydrogens (tertiary/aromatic N) is 2. The summed E-state index contributed by atoms with van der Waals surface area (Å²) < 4.78 is 5.54. The number of rotatable bonds is 9. The van der Waals surface area contributed by atoms with Crippen molar-refractivity contribution in [2.45, 2.75) is 37.8 Å². The number of nitrogens with one attached hydrogen (secondary N) is 1. The molecular formula is C26H25N3O5S. The van der Waals surface area contributed by atoms with Crippen LogP contribution in [0.3, 0.4) is 0 Å². The van der Waals surface area contributed by atoms with E-state index >= 15 is 0 Å². The van der Waals surface area contributed by atoms with Crippen molar-refractivity contribution in [2.24, 2.45) is 0 Å². The SMILES string of the molecule is O=C(O)CCN(C(=O)c1cnc(CNC(=O)OCC2c3ccccc3-c3ccccc32)s1)C1CC1. The summed E-state index contributed by atoms with van der Waals surface area (Å²) in [4.78, 5) is 42.5. The molecule has 1 heterocycles. The highest BCUT2D eigenvalue weighted by Gasteiger charge is 2.34. The van der Waals surface area contributed by atoms with Gasteiger partial charge < -0.3 is 20.1 Å². The summed E-state index contributed by atoms with van der Waals surface area (Å²) in [5.41, 5.74) is 4.63. The molecule has 0 aliphatic heterocycles. The number of hydrogen-bond acceptors (Lipinski definition) is 6. The van der Waals surface area contributed by atoms with Gasteiger partial charge in [0.25, 0.3) is 5.91 Å². The third kappa shape index (κ3) is 5.05. The molecule has 2 aromatic carbocycles. The van der Waals surface area contributed by atoms with Crippen LogP contribution in [-0.2, 0) is 16.1 Å². The number of carboxylic acid groups (broad SMARTS) is 1. The number of aliphatic carboxylic acids is 1. The van der Waals surface area contributed by atoms with E-state index in [1.54, 1.807) is 4.90 Å². The number of ether oxygens (including phenoxy) is 1. The number of aromatic nitrogens is 1. The standard InChI is InChI=1S/C26H25N3O5S/c30-24(31)11-12-29(16-9-10-16)25(32)22-13-27-23(35-22)14-28-26(33)34-15-21-19-7-3-1-5-17(19)18-6-2-4-8-20(18)21/h1-8,13,16,21H,9-12,14-15H2,(H,28,33)(H,30,31). The van der Waals surface area contributed by atoms with Gasteiger partial charge in [0.15, 0.2) is 0 Å². The first-order chi connectivity index (χ1) is 17.0. The monoisotopic (exact) mass is 491 g/mol. The van der Waals surface area contributed by atoms with Crippen molar-refractivity contribution in [1.29, 1.82) is 0 Å². The van der Waals surface area contributed by atoms with E-state index in [4.69, 9.17) is 9.84 Å². The number of carboxylic acids is 1. The smallest absolute Gasteiger partial charge is 0.407 e. The van der Waals surface area contributed by atoms with Crippen molar-refractivity contribution in [3.8, 4) is 11.1 Å². The highest BCUT2D eigenvalue weighted by Crippen LogP contribution is 2.44. The quantitative estimate of drug-likeness (QED) is 0.463. The topological polar surface area (TPSA) is 109 Å². The summed E-state index contributed by atoms with van der Waals surface area (Å²) in [7, 11) is 0. The van der Waals surface area contributed by atoms with E-state index in [0.717, 1.165) is 24.0 Å². The molecule has 0 atom stereocenters. The Morgan fingerprint density at radius 1 is 1.06 bits per heavy atom. The Balaban J connectivity index is 1.16. The van der Waals surface area contributed by atoms with Crippen molar-refractivity contribution in [3.63, 3.8) is 0 Å².